The summed E-state index contributed by atoms with van der Waals surface area (Å²) >= 11 is 0. The largest absolute Gasteiger partial charge is 0.378 e. The van der Waals surface area contributed by atoms with Gasteiger partial charge in [-0.05, 0) is 42.7 Å². The van der Waals surface area contributed by atoms with Crippen molar-refractivity contribution in [1.29, 1.82) is 0 Å². The number of para-hydroxylation sites is 2. The van der Waals surface area contributed by atoms with Crippen LogP contribution < -0.4 is 10.2 Å². The van der Waals surface area contributed by atoms with Gasteiger partial charge in [-0.2, -0.15) is 0 Å². The highest BCUT2D eigenvalue weighted by molar-refractivity contribution is 6.01. The van der Waals surface area contributed by atoms with E-state index >= 15 is 0 Å². The number of rotatable bonds is 6. The number of morpholine rings is 1. The molecule has 4 heterocycles. The molecule has 0 spiro atoms. The molecule has 2 saturated heterocycles. The van der Waals surface area contributed by atoms with Gasteiger partial charge in [-0.1, -0.05) is 24.3 Å². The van der Waals surface area contributed by atoms with Crippen molar-refractivity contribution < 1.29 is 17.9 Å². The first-order valence-electron chi connectivity index (χ1n) is 13.5. The van der Waals surface area contributed by atoms with E-state index < -0.39 is 12.6 Å². The lowest BCUT2D eigenvalue weighted by Crippen LogP contribution is -2.51. The maximum Gasteiger partial charge on any atom is 0.295 e. The lowest BCUT2D eigenvalue weighted by Gasteiger charge is -2.34. The van der Waals surface area contributed by atoms with Gasteiger partial charge < -0.3 is 19.9 Å². The Morgan fingerprint density at radius 2 is 1.85 bits per heavy atom. The van der Waals surface area contributed by atoms with Crippen LogP contribution in [0.1, 0.15) is 43.2 Å². The number of alkyl halides is 3. The second kappa shape index (κ2) is 11.3. The summed E-state index contributed by atoms with van der Waals surface area (Å²) in [6, 6.07) is 15.2. The van der Waals surface area contributed by atoms with Crippen LogP contribution in [0.15, 0.2) is 58.5 Å². The number of guanidine groups is 1. The number of benzene rings is 2. The van der Waals surface area contributed by atoms with Crippen molar-refractivity contribution >= 4 is 28.5 Å². The first-order valence-corrected chi connectivity index (χ1v) is 13.5. The second-order valence-electron chi connectivity index (χ2n) is 10.1. The number of nitrogens with one attached hydrogen (secondary N) is 1. The number of nitrogens with zero attached hydrogens (tertiary/aromatic N) is 6. The minimum absolute atomic E-state index is 0.0465. The summed E-state index contributed by atoms with van der Waals surface area (Å²) in [5.74, 6) is 0.986. The number of hydrogen-bond acceptors (Lipinski definition) is 6. The van der Waals surface area contributed by atoms with Crippen LogP contribution in [0, 0.1) is 0 Å². The van der Waals surface area contributed by atoms with E-state index in [4.69, 9.17) is 14.7 Å². The van der Waals surface area contributed by atoms with E-state index in [0.29, 0.717) is 62.1 Å². The zero-order valence-corrected chi connectivity index (χ0v) is 21.6. The lowest BCUT2D eigenvalue weighted by atomic mass is 10.1. The molecule has 1 aromatic heterocycles. The van der Waals surface area contributed by atoms with E-state index in [1.165, 1.54) is 0 Å². The van der Waals surface area contributed by atoms with Crippen molar-refractivity contribution in [2.75, 3.05) is 44.4 Å². The number of aliphatic imine (C=N–C) groups is 2. The fourth-order valence-corrected chi connectivity index (χ4v) is 5.61. The normalized spacial score (nSPS) is 23.1. The van der Waals surface area contributed by atoms with Gasteiger partial charge in [-0.25, -0.2) is 23.1 Å². The van der Waals surface area contributed by atoms with E-state index in [2.05, 4.69) is 20.1 Å². The Kier molecular flexibility index (Phi) is 7.40. The highest BCUT2D eigenvalue weighted by atomic mass is 19.3. The number of aromatic nitrogens is 2. The molecule has 39 heavy (non-hydrogen) atoms. The summed E-state index contributed by atoms with van der Waals surface area (Å²) in [5, 5.41) is 3.35. The first kappa shape index (κ1) is 25.7. The predicted octanol–water partition coefficient (Wildman–Crippen LogP) is 4.69. The number of hydrogen-bond donors (Lipinski definition) is 1. The van der Waals surface area contributed by atoms with Crippen LogP contribution in [0.3, 0.4) is 0 Å². The summed E-state index contributed by atoms with van der Waals surface area (Å²) in [5.41, 5.74) is 3.17. The minimum Gasteiger partial charge on any atom is -0.378 e. The van der Waals surface area contributed by atoms with Crippen LogP contribution in [0.4, 0.5) is 18.9 Å². The molecule has 0 aliphatic carbocycles. The number of anilines is 1. The lowest BCUT2D eigenvalue weighted by molar-refractivity contribution is 0.0664. The zero-order chi connectivity index (χ0) is 26.8. The quantitative estimate of drug-likeness (QED) is 0.492. The van der Waals surface area contributed by atoms with E-state index in [1.807, 2.05) is 30.3 Å². The fourth-order valence-electron chi connectivity index (χ4n) is 5.61. The summed E-state index contributed by atoms with van der Waals surface area (Å²) in [7, 11) is 0. The van der Waals surface area contributed by atoms with Crippen molar-refractivity contribution in [3.8, 4) is 0 Å². The average molecular weight is 540 g/mol. The van der Waals surface area contributed by atoms with E-state index in [9.17, 15) is 13.2 Å². The maximum atomic E-state index is 14.1. The van der Waals surface area contributed by atoms with Gasteiger partial charge >= 0.3 is 0 Å². The Morgan fingerprint density at radius 1 is 1.05 bits per heavy atom. The Labute approximate surface area is 225 Å². The van der Waals surface area contributed by atoms with Gasteiger partial charge in [0.15, 0.2) is 5.82 Å². The molecule has 8 nitrogen and oxygen atoms in total. The van der Waals surface area contributed by atoms with Crippen LogP contribution in [0.5, 0.6) is 0 Å². The summed E-state index contributed by atoms with van der Waals surface area (Å²) in [6.07, 6.45) is -1.14. The molecule has 1 N–H and O–H groups in total. The van der Waals surface area contributed by atoms with Crippen molar-refractivity contribution in [2.24, 2.45) is 9.98 Å². The maximum absolute atomic E-state index is 14.1. The standard InChI is InChI=1S/C28H32F3N7O/c29-17-21-4-3-11-37(21)20-9-7-19(8-10-20)18-32-24-16-25(35-28(34-24)36-12-14-39-15-13-36)38-23-6-2-1-5-22(23)33-27(38)26(30)31/h1-2,5-10,21,25-26H,3-4,11-18H2,(H,32,34,35)/t21-,25?/m0/s1. The van der Waals surface area contributed by atoms with E-state index in [1.54, 1.807) is 22.8 Å². The number of amidine groups is 1. The molecule has 3 aromatic rings. The van der Waals surface area contributed by atoms with Crippen LogP contribution in [-0.2, 0) is 11.3 Å². The first-order chi connectivity index (χ1) is 19.1. The minimum atomic E-state index is -2.74. The fraction of sp³-hybridized carbons (Fsp3) is 0.464. The molecule has 0 bridgehead atoms. The van der Waals surface area contributed by atoms with Crippen LogP contribution in [0.25, 0.3) is 11.0 Å². The molecule has 3 aliphatic heterocycles. The van der Waals surface area contributed by atoms with Gasteiger partial charge in [0.25, 0.3) is 6.43 Å². The highest BCUT2D eigenvalue weighted by Gasteiger charge is 2.30. The van der Waals surface area contributed by atoms with Crippen LogP contribution >= 0.6 is 0 Å². The van der Waals surface area contributed by atoms with Gasteiger partial charge in [0.1, 0.15) is 18.7 Å². The number of fused-ring (bicyclic) bond motifs is 1. The molecule has 2 atom stereocenters. The molecule has 6 rings (SSSR count). The third-order valence-electron chi connectivity index (χ3n) is 7.61. The third kappa shape index (κ3) is 5.32. The Hall–Kier alpha value is -3.60. The Morgan fingerprint density at radius 3 is 2.62 bits per heavy atom. The van der Waals surface area contributed by atoms with E-state index in [0.717, 1.165) is 30.6 Å². The van der Waals surface area contributed by atoms with Gasteiger partial charge in [0.05, 0.1) is 36.8 Å². The third-order valence-corrected chi connectivity index (χ3v) is 7.61. The molecule has 0 amide bonds. The molecule has 206 valence electrons. The van der Waals surface area contributed by atoms with Crippen molar-refractivity contribution in [3.05, 3.63) is 59.9 Å². The number of imidazole rings is 1. The van der Waals surface area contributed by atoms with Crippen molar-refractivity contribution in [3.63, 3.8) is 0 Å². The van der Waals surface area contributed by atoms with Crippen LogP contribution in [-0.4, -0.2) is 71.8 Å². The molecule has 11 heteroatoms. The predicted molar refractivity (Wildman–Crippen MR) is 145 cm³/mol. The van der Waals surface area contributed by atoms with Gasteiger partial charge in [-0.3, -0.25) is 9.56 Å². The molecular formula is C28H32F3N7O. The number of ether oxygens (including phenoxy) is 1. The molecule has 1 unspecified atom stereocenters. The SMILES string of the molecule is FC[C@@H]1CCCN1c1ccc(CN=C2CC(n3c(C(F)F)nc4ccccc43)N=C(N3CCOCC3)N2)cc1. The van der Waals surface area contributed by atoms with Crippen LogP contribution in [0.2, 0.25) is 0 Å². The zero-order valence-electron chi connectivity index (χ0n) is 21.6. The Balaban J connectivity index is 1.28. The molecule has 0 saturated carbocycles. The second-order valence-corrected chi connectivity index (χ2v) is 10.1. The highest BCUT2D eigenvalue weighted by Crippen LogP contribution is 2.32. The number of halogens is 3. The van der Waals surface area contributed by atoms with Gasteiger partial charge in [0.2, 0.25) is 5.96 Å². The topological polar surface area (TPSA) is 70.3 Å². The summed E-state index contributed by atoms with van der Waals surface area (Å²) < 4.78 is 48.6. The van der Waals surface area contributed by atoms with Crippen molar-refractivity contribution in [2.45, 2.75) is 44.4 Å². The average Bonchev–Trinajstić information content (AvgIpc) is 3.62. The van der Waals surface area contributed by atoms with Gasteiger partial charge in [-0.15, -0.1) is 0 Å². The monoisotopic (exact) mass is 539 g/mol. The smallest absolute Gasteiger partial charge is 0.295 e. The molecule has 2 aromatic carbocycles. The summed E-state index contributed by atoms with van der Waals surface area (Å²) in [4.78, 5) is 18.1. The molecular weight excluding hydrogens is 507 g/mol. The van der Waals surface area contributed by atoms with Crippen molar-refractivity contribution in [1.82, 2.24) is 19.8 Å². The van der Waals surface area contributed by atoms with E-state index in [-0.39, 0.29) is 18.5 Å². The molecule has 2 fully saturated rings. The molecule has 0 radical (unpaired) electrons. The van der Waals surface area contributed by atoms with Gasteiger partial charge in [0, 0.05) is 31.7 Å². The Bertz CT molecular complexity index is 1350. The summed E-state index contributed by atoms with van der Waals surface area (Å²) in [6.45, 7) is 3.39. The molecule has 3 aliphatic rings.